The Morgan fingerprint density at radius 1 is 0.864 bits per heavy atom. The highest BCUT2D eigenvalue weighted by molar-refractivity contribution is 5.95. The molecular formula is C17H19N3O2. The number of nitrogens with two attached hydrogens (primary N) is 1. The number of anilines is 2. The fourth-order valence-corrected chi connectivity index (χ4v) is 1.92. The van der Waals surface area contributed by atoms with Crippen molar-refractivity contribution in [2.45, 2.75) is 18.9 Å². The Bertz CT molecular complexity index is 614. The van der Waals surface area contributed by atoms with Gasteiger partial charge in [0.2, 0.25) is 11.8 Å². The van der Waals surface area contributed by atoms with Crippen LogP contribution in [0.15, 0.2) is 60.7 Å². The smallest absolute Gasteiger partial charge is 0.241 e. The molecule has 0 heterocycles. The maximum absolute atomic E-state index is 11.9. The minimum atomic E-state index is -0.721. The van der Waals surface area contributed by atoms with Crippen molar-refractivity contribution in [3.63, 3.8) is 0 Å². The molecule has 0 bridgehead atoms. The first-order chi connectivity index (χ1) is 10.6. The van der Waals surface area contributed by atoms with E-state index in [0.717, 1.165) is 5.69 Å². The van der Waals surface area contributed by atoms with Crippen molar-refractivity contribution in [3.05, 3.63) is 60.7 Å². The van der Waals surface area contributed by atoms with Crippen LogP contribution in [-0.4, -0.2) is 17.9 Å². The van der Waals surface area contributed by atoms with Gasteiger partial charge in [-0.1, -0.05) is 36.4 Å². The van der Waals surface area contributed by atoms with Gasteiger partial charge in [-0.3, -0.25) is 9.59 Å². The lowest BCUT2D eigenvalue weighted by Crippen LogP contribution is -2.36. The van der Waals surface area contributed by atoms with Crippen molar-refractivity contribution < 1.29 is 9.59 Å². The van der Waals surface area contributed by atoms with Gasteiger partial charge in [-0.15, -0.1) is 0 Å². The van der Waals surface area contributed by atoms with Gasteiger partial charge in [0, 0.05) is 17.8 Å². The maximum Gasteiger partial charge on any atom is 0.241 e. The molecule has 0 saturated carbocycles. The molecule has 0 aromatic heterocycles. The molecule has 2 aromatic carbocycles. The van der Waals surface area contributed by atoms with Crippen LogP contribution < -0.4 is 16.4 Å². The second kappa shape index (κ2) is 7.95. The summed E-state index contributed by atoms with van der Waals surface area (Å²) in [5.74, 6) is -0.451. The van der Waals surface area contributed by atoms with Crippen LogP contribution >= 0.6 is 0 Å². The molecule has 114 valence electrons. The minimum absolute atomic E-state index is 0.158. The number of rotatable bonds is 6. The highest BCUT2D eigenvalue weighted by Crippen LogP contribution is 2.08. The Morgan fingerprint density at radius 3 is 1.91 bits per heavy atom. The zero-order valence-electron chi connectivity index (χ0n) is 12.2. The van der Waals surface area contributed by atoms with Crippen LogP contribution in [0.25, 0.3) is 0 Å². The summed E-state index contributed by atoms with van der Waals surface area (Å²) in [6.45, 7) is 0. The number of amides is 2. The second-order valence-electron chi connectivity index (χ2n) is 4.91. The van der Waals surface area contributed by atoms with Crippen molar-refractivity contribution in [1.82, 2.24) is 0 Å². The molecule has 0 unspecified atom stereocenters. The molecule has 2 aromatic rings. The van der Waals surface area contributed by atoms with E-state index in [1.54, 1.807) is 24.3 Å². The van der Waals surface area contributed by atoms with E-state index in [1.165, 1.54) is 0 Å². The van der Waals surface area contributed by atoms with Crippen LogP contribution in [-0.2, 0) is 9.59 Å². The summed E-state index contributed by atoms with van der Waals surface area (Å²) in [7, 11) is 0. The lowest BCUT2D eigenvalue weighted by atomic mass is 10.1. The molecule has 2 amide bonds. The molecule has 2 rings (SSSR count). The van der Waals surface area contributed by atoms with E-state index in [1.807, 2.05) is 36.4 Å². The molecular weight excluding hydrogens is 278 g/mol. The summed E-state index contributed by atoms with van der Waals surface area (Å²) in [4.78, 5) is 23.7. The molecule has 0 saturated heterocycles. The summed E-state index contributed by atoms with van der Waals surface area (Å²) in [5.41, 5.74) is 7.24. The maximum atomic E-state index is 11.9. The van der Waals surface area contributed by atoms with E-state index >= 15 is 0 Å². The Morgan fingerprint density at radius 2 is 1.36 bits per heavy atom. The predicted molar refractivity (Wildman–Crippen MR) is 87.4 cm³/mol. The molecule has 0 aliphatic heterocycles. The van der Waals surface area contributed by atoms with Crippen LogP contribution in [0.3, 0.4) is 0 Å². The zero-order chi connectivity index (χ0) is 15.8. The highest BCUT2D eigenvalue weighted by Gasteiger charge is 2.15. The summed E-state index contributed by atoms with van der Waals surface area (Å²) < 4.78 is 0. The van der Waals surface area contributed by atoms with E-state index in [2.05, 4.69) is 10.6 Å². The van der Waals surface area contributed by atoms with Gasteiger partial charge in [0.15, 0.2) is 0 Å². The fraction of sp³-hybridized carbons (Fsp3) is 0.176. The predicted octanol–water partition coefficient (Wildman–Crippen LogP) is 2.37. The largest absolute Gasteiger partial charge is 0.326 e. The van der Waals surface area contributed by atoms with Gasteiger partial charge in [0.25, 0.3) is 0 Å². The monoisotopic (exact) mass is 297 g/mol. The Balaban J connectivity index is 1.76. The summed E-state index contributed by atoms with van der Waals surface area (Å²) in [6.07, 6.45) is 0.482. The molecule has 0 aliphatic carbocycles. The average molecular weight is 297 g/mol. The number of hydrogen-bond acceptors (Lipinski definition) is 3. The number of carbonyl (C=O) groups excluding carboxylic acids is 2. The first-order valence-corrected chi connectivity index (χ1v) is 7.11. The van der Waals surface area contributed by atoms with E-state index < -0.39 is 6.04 Å². The van der Waals surface area contributed by atoms with Gasteiger partial charge < -0.3 is 16.4 Å². The second-order valence-corrected chi connectivity index (χ2v) is 4.91. The summed E-state index contributed by atoms with van der Waals surface area (Å²) in [6, 6.07) is 17.5. The lowest BCUT2D eigenvalue weighted by molar-refractivity contribution is -0.118. The lowest BCUT2D eigenvalue weighted by Gasteiger charge is -2.12. The van der Waals surface area contributed by atoms with E-state index in [-0.39, 0.29) is 24.7 Å². The third kappa shape index (κ3) is 5.03. The van der Waals surface area contributed by atoms with Crippen molar-refractivity contribution in [3.8, 4) is 0 Å². The average Bonchev–Trinajstić information content (AvgIpc) is 2.54. The topological polar surface area (TPSA) is 84.2 Å². The number of benzene rings is 2. The fourth-order valence-electron chi connectivity index (χ4n) is 1.92. The van der Waals surface area contributed by atoms with Crippen LogP contribution in [0.5, 0.6) is 0 Å². The van der Waals surface area contributed by atoms with Gasteiger partial charge in [-0.2, -0.15) is 0 Å². The Labute approximate surface area is 129 Å². The summed E-state index contributed by atoms with van der Waals surface area (Å²) >= 11 is 0. The molecule has 22 heavy (non-hydrogen) atoms. The number of carbonyl (C=O) groups is 2. The Kier molecular flexibility index (Phi) is 5.68. The number of para-hydroxylation sites is 2. The summed E-state index contributed by atoms with van der Waals surface area (Å²) in [5, 5.41) is 5.48. The van der Waals surface area contributed by atoms with Gasteiger partial charge >= 0.3 is 0 Å². The molecule has 5 nitrogen and oxygen atoms in total. The molecule has 1 atom stereocenters. The minimum Gasteiger partial charge on any atom is -0.326 e. The van der Waals surface area contributed by atoms with Crippen molar-refractivity contribution in [1.29, 1.82) is 0 Å². The Hall–Kier alpha value is -2.66. The SMILES string of the molecule is N[C@@H](CCC(=O)Nc1ccccc1)C(=O)Nc1ccccc1. The van der Waals surface area contributed by atoms with Crippen LogP contribution in [0.4, 0.5) is 11.4 Å². The van der Waals surface area contributed by atoms with Crippen LogP contribution in [0.2, 0.25) is 0 Å². The third-order valence-corrected chi connectivity index (χ3v) is 3.12. The highest BCUT2D eigenvalue weighted by atomic mass is 16.2. The first kappa shape index (κ1) is 15.7. The van der Waals surface area contributed by atoms with E-state index in [0.29, 0.717) is 5.69 Å². The number of nitrogens with one attached hydrogen (secondary N) is 2. The van der Waals surface area contributed by atoms with Gasteiger partial charge in [0.1, 0.15) is 0 Å². The molecule has 4 N–H and O–H groups in total. The molecule has 0 fully saturated rings. The zero-order valence-corrected chi connectivity index (χ0v) is 12.2. The number of hydrogen-bond donors (Lipinski definition) is 3. The van der Waals surface area contributed by atoms with E-state index in [4.69, 9.17) is 5.73 Å². The van der Waals surface area contributed by atoms with Gasteiger partial charge in [-0.25, -0.2) is 0 Å². The van der Waals surface area contributed by atoms with Crippen LogP contribution in [0.1, 0.15) is 12.8 Å². The molecule has 0 spiro atoms. The van der Waals surface area contributed by atoms with E-state index in [9.17, 15) is 9.59 Å². The molecule has 0 radical (unpaired) electrons. The third-order valence-electron chi connectivity index (χ3n) is 3.12. The van der Waals surface area contributed by atoms with Crippen LogP contribution in [0, 0.1) is 0 Å². The van der Waals surface area contributed by atoms with Crippen molar-refractivity contribution in [2.75, 3.05) is 10.6 Å². The first-order valence-electron chi connectivity index (χ1n) is 7.11. The van der Waals surface area contributed by atoms with Crippen molar-refractivity contribution >= 4 is 23.2 Å². The standard InChI is InChI=1S/C17H19N3O2/c18-15(17(22)20-14-9-5-2-6-10-14)11-12-16(21)19-13-7-3-1-4-8-13/h1-10,15H,11-12,18H2,(H,19,21)(H,20,22)/t15-/m0/s1. The molecule has 5 heteroatoms. The van der Waals surface area contributed by atoms with Crippen molar-refractivity contribution in [2.24, 2.45) is 5.73 Å². The van der Waals surface area contributed by atoms with Gasteiger partial charge in [0.05, 0.1) is 6.04 Å². The molecule has 0 aliphatic rings. The quantitative estimate of drug-likeness (QED) is 0.765. The van der Waals surface area contributed by atoms with Gasteiger partial charge in [-0.05, 0) is 30.7 Å². The normalized spacial score (nSPS) is 11.5.